The first kappa shape index (κ1) is 31.1. The molecule has 1 saturated heterocycles. The van der Waals surface area contributed by atoms with Crippen molar-refractivity contribution in [2.75, 3.05) is 49.4 Å². The molecule has 0 unspecified atom stereocenters. The van der Waals surface area contributed by atoms with Gasteiger partial charge in [-0.05, 0) is 43.2 Å². The van der Waals surface area contributed by atoms with Crippen molar-refractivity contribution >= 4 is 46.5 Å². The number of ether oxygens (including phenoxy) is 2. The lowest BCUT2D eigenvalue weighted by molar-refractivity contribution is 0.0504. The van der Waals surface area contributed by atoms with E-state index < -0.39 is 18.2 Å². The molecule has 0 aliphatic carbocycles. The van der Waals surface area contributed by atoms with Gasteiger partial charge in [0.05, 0.1) is 67.1 Å². The molecule has 0 radical (unpaired) electrons. The number of carbonyl (C=O) groups is 1. The number of likely N-dealkylation sites (tertiary alicyclic amines) is 1. The van der Waals surface area contributed by atoms with E-state index in [1.807, 2.05) is 36.1 Å². The summed E-state index contributed by atoms with van der Waals surface area (Å²) in [5.41, 5.74) is 2.66. The molecule has 3 N–H and O–H groups in total. The maximum Gasteiger partial charge on any atom is 0.409 e. The van der Waals surface area contributed by atoms with Crippen molar-refractivity contribution in [3.8, 4) is 17.9 Å². The topological polar surface area (TPSA) is 177 Å². The molecule has 232 valence electrons. The fraction of sp³-hybridized carbons (Fsp3) is 0.333. The van der Waals surface area contributed by atoms with Crippen molar-refractivity contribution in [1.29, 1.82) is 10.5 Å². The predicted octanol–water partition coefficient (Wildman–Crippen LogP) is 3.91. The summed E-state index contributed by atoms with van der Waals surface area (Å²) in [5, 5.41) is 41.3. The number of aliphatic hydroxyl groups is 1. The summed E-state index contributed by atoms with van der Waals surface area (Å²) in [4.78, 5) is 24.5. The van der Waals surface area contributed by atoms with Crippen molar-refractivity contribution in [2.24, 2.45) is 0 Å². The minimum absolute atomic E-state index is 0.0816. The average Bonchev–Trinajstić information content (AvgIpc) is 3.48. The number of fused-ring (bicyclic) bond motifs is 1. The van der Waals surface area contributed by atoms with E-state index in [0.717, 1.165) is 11.3 Å². The van der Waals surface area contributed by atoms with Gasteiger partial charge in [0.25, 0.3) is 0 Å². The molecule has 5 rings (SSSR count). The van der Waals surface area contributed by atoms with E-state index in [1.165, 1.54) is 22.7 Å². The maximum atomic E-state index is 11.9. The monoisotopic (exact) mass is 630 g/mol. The zero-order valence-electron chi connectivity index (χ0n) is 24.9. The number of imidazole rings is 1. The van der Waals surface area contributed by atoms with E-state index in [-0.39, 0.29) is 23.2 Å². The molecule has 14 nitrogen and oxygen atoms in total. The number of anilines is 4. The van der Waals surface area contributed by atoms with Gasteiger partial charge in [0.15, 0.2) is 17.2 Å². The molecular weight excluding hydrogens is 600 g/mol. The minimum Gasteiger partial charge on any atom is -0.497 e. The molecule has 0 saturated carbocycles. The number of piperidine rings is 1. The lowest BCUT2D eigenvalue weighted by Crippen LogP contribution is -2.51. The smallest absolute Gasteiger partial charge is 0.409 e. The van der Waals surface area contributed by atoms with Crippen molar-refractivity contribution in [3.63, 3.8) is 0 Å². The summed E-state index contributed by atoms with van der Waals surface area (Å²) in [7, 11) is 2.90. The van der Waals surface area contributed by atoms with Crippen molar-refractivity contribution < 1.29 is 19.4 Å². The Kier molecular flexibility index (Phi) is 9.37. The Morgan fingerprint density at radius 3 is 2.60 bits per heavy atom. The van der Waals surface area contributed by atoms with Crippen molar-refractivity contribution in [2.45, 2.75) is 32.0 Å². The largest absolute Gasteiger partial charge is 0.497 e. The molecule has 0 spiro atoms. The number of amides is 1. The van der Waals surface area contributed by atoms with Gasteiger partial charge in [0.2, 0.25) is 5.95 Å². The Morgan fingerprint density at radius 1 is 1.20 bits per heavy atom. The zero-order valence-corrected chi connectivity index (χ0v) is 25.6. The van der Waals surface area contributed by atoms with Crippen molar-refractivity contribution in [3.05, 3.63) is 64.4 Å². The van der Waals surface area contributed by atoms with E-state index in [0.29, 0.717) is 54.5 Å². The molecule has 4 aromatic rings. The molecule has 45 heavy (non-hydrogen) atoms. The molecule has 1 aliphatic rings. The third kappa shape index (κ3) is 6.62. The van der Waals surface area contributed by atoms with Crippen LogP contribution in [0.2, 0.25) is 5.02 Å². The van der Waals surface area contributed by atoms with Crippen LogP contribution in [0.5, 0.6) is 5.75 Å². The third-order valence-corrected chi connectivity index (χ3v) is 7.88. The Morgan fingerprint density at radius 2 is 1.96 bits per heavy atom. The molecule has 2 atom stereocenters. The Labute approximate surface area is 264 Å². The normalized spacial score (nSPS) is 16.0. The highest BCUT2D eigenvalue weighted by Crippen LogP contribution is 2.35. The second-order valence-electron chi connectivity index (χ2n) is 10.3. The number of aromatic nitrogens is 4. The van der Waals surface area contributed by atoms with Crippen LogP contribution in [-0.2, 0) is 11.3 Å². The standard InChI is InChI=1S/C30H31ClN10O4/c1-4-39(16-18-5-7-21(44-2)8-6-18)28-27-34-15-20(14-33)41(27)38-29(37-28)36-24-12-19(13-32)11-23(26(24)31)35-22-9-10-40(17-25(22)42)30(43)45-3/h5-8,11-12,15,22,25,35,42H,4,9-10,16-17H2,1-3H3,(H,36,38)/t22-,25-/m1/s1. The van der Waals surface area contributed by atoms with Gasteiger partial charge in [0, 0.05) is 19.6 Å². The second kappa shape index (κ2) is 13.5. The summed E-state index contributed by atoms with van der Waals surface area (Å²) >= 11 is 6.83. The molecular formula is C30H31ClN10O4. The average molecular weight is 631 g/mol. The van der Waals surface area contributed by atoms with E-state index in [9.17, 15) is 20.4 Å². The predicted molar refractivity (Wildman–Crippen MR) is 167 cm³/mol. The lowest BCUT2D eigenvalue weighted by atomic mass is 10.0. The quantitative estimate of drug-likeness (QED) is 0.243. The van der Waals surface area contributed by atoms with E-state index >= 15 is 0 Å². The Hall–Kier alpha value is -5.31. The number of methoxy groups -OCH3 is 2. The van der Waals surface area contributed by atoms with Gasteiger partial charge >= 0.3 is 6.09 Å². The number of hydrogen-bond donors (Lipinski definition) is 3. The van der Waals surface area contributed by atoms with Gasteiger partial charge in [-0.3, -0.25) is 0 Å². The highest BCUT2D eigenvalue weighted by Gasteiger charge is 2.31. The SMILES string of the molecule is CCN(Cc1ccc(OC)cc1)c1nc(Nc2cc(C#N)cc(N[C@@H]3CCN(C(=O)OC)C[C@H]3O)c2Cl)nn2c(C#N)cnc12. The van der Waals surface area contributed by atoms with Crippen LogP contribution in [0, 0.1) is 22.7 Å². The highest BCUT2D eigenvalue weighted by molar-refractivity contribution is 6.36. The molecule has 0 bridgehead atoms. The summed E-state index contributed by atoms with van der Waals surface area (Å²) in [6, 6.07) is 14.6. The van der Waals surface area contributed by atoms with Gasteiger partial charge in [-0.2, -0.15) is 20.0 Å². The minimum atomic E-state index is -0.902. The summed E-state index contributed by atoms with van der Waals surface area (Å²) in [6.07, 6.45) is 0.442. The van der Waals surface area contributed by atoms with Crippen molar-refractivity contribution in [1.82, 2.24) is 24.5 Å². The molecule has 3 heterocycles. The molecule has 2 aromatic carbocycles. The third-order valence-electron chi connectivity index (χ3n) is 7.48. The van der Waals surface area contributed by atoms with Gasteiger partial charge in [0.1, 0.15) is 11.8 Å². The second-order valence-corrected chi connectivity index (χ2v) is 10.6. The zero-order chi connectivity index (χ0) is 32.1. The van der Waals surface area contributed by atoms with Gasteiger partial charge in [-0.25, -0.2) is 9.78 Å². The first-order valence-corrected chi connectivity index (χ1v) is 14.5. The number of nitrogens with one attached hydrogen (secondary N) is 2. The number of halogens is 1. The van der Waals surface area contributed by atoms with Crippen LogP contribution in [0.3, 0.4) is 0 Å². The number of nitriles is 2. The highest BCUT2D eigenvalue weighted by atomic mass is 35.5. The van der Waals surface area contributed by atoms with Crippen LogP contribution in [0.1, 0.15) is 30.2 Å². The molecule has 1 fully saturated rings. The Balaban J connectivity index is 1.47. The van der Waals surface area contributed by atoms with Crippen LogP contribution in [0.25, 0.3) is 5.65 Å². The lowest BCUT2D eigenvalue weighted by Gasteiger charge is -2.36. The number of β-amino-alcohol motifs (C(OH)–C–C–N with tert-alkyl or cyclic N) is 1. The number of nitrogens with zero attached hydrogens (tertiary/aromatic N) is 8. The van der Waals surface area contributed by atoms with Gasteiger partial charge in [-0.15, -0.1) is 5.10 Å². The molecule has 1 amide bonds. The van der Waals surface area contributed by atoms with E-state index in [4.69, 9.17) is 26.1 Å². The van der Waals surface area contributed by atoms with Crippen LogP contribution >= 0.6 is 11.6 Å². The van der Waals surface area contributed by atoms with Gasteiger partial charge in [-0.1, -0.05) is 23.7 Å². The molecule has 2 aromatic heterocycles. The summed E-state index contributed by atoms with van der Waals surface area (Å²) < 4.78 is 11.5. The molecule has 1 aliphatic heterocycles. The van der Waals surface area contributed by atoms with E-state index in [1.54, 1.807) is 19.2 Å². The van der Waals surface area contributed by atoms with Crippen LogP contribution < -0.4 is 20.3 Å². The van der Waals surface area contributed by atoms with Gasteiger partial charge < -0.3 is 35.0 Å². The van der Waals surface area contributed by atoms with Crippen LogP contribution in [-0.4, -0.2) is 81.7 Å². The Bertz CT molecular complexity index is 1780. The van der Waals surface area contributed by atoms with E-state index in [2.05, 4.69) is 32.9 Å². The summed E-state index contributed by atoms with van der Waals surface area (Å²) in [6.45, 7) is 3.51. The number of benzene rings is 2. The van der Waals surface area contributed by atoms with Crippen LogP contribution in [0.15, 0.2) is 42.6 Å². The first-order chi connectivity index (χ1) is 21.8. The number of hydrogen-bond acceptors (Lipinski definition) is 12. The first-order valence-electron chi connectivity index (χ1n) is 14.1. The fourth-order valence-electron chi connectivity index (χ4n) is 5.10. The maximum absolute atomic E-state index is 11.9. The fourth-order valence-corrected chi connectivity index (χ4v) is 5.31. The van der Waals surface area contributed by atoms with Crippen LogP contribution in [0.4, 0.5) is 27.9 Å². The molecule has 15 heteroatoms. The number of carbonyl (C=O) groups excluding carboxylic acids is 1. The number of rotatable bonds is 9. The summed E-state index contributed by atoms with van der Waals surface area (Å²) in [5.74, 6) is 1.35. The number of aliphatic hydroxyl groups excluding tert-OH is 1.